The smallest absolute Gasteiger partial charge is 0.249 e. The standard InChI is InChI=1S/C27H28N6O2/c1-16(2)24(27-30-25(32-35-27)19-10-6-5-7-11-19)29-23(34)15-14-20-17(3)28-26-21-12-8-9-13-22(21)31-33(26)18(20)4/h5-13,16,24H,14-15H2,1-4H3,(H,29,34). The molecule has 0 bridgehead atoms. The number of aryl methyl sites for hydroxylation is 2. The SMILES string of the molecule is Cc1nc2c3ccccc3nn2c(C)c1CCC(=O)NC(c1nc(-c2ccccc2)no1)C(C)C. The van der Waals surface area contributed by atoms with Crippen LogP contribution in [0.15, 0.2) is 59.1 Å². The molecule has 1 atom stereocenters. The minimum Gasteiger partial charge on any atom is -0.344 e. The lowest BCUT2D eigenvalue weighted by molar-refractivity contribution is -0.122. The summed E-state index contributed by atoms with van der Waals surface area (Å²) in [5.74, 6) is 0.928. The highest BCUT2D eigenvalue weighted by atomic mass is 16.5. The van der Waals surface area contributed by atoms with Crippen LogP contribution in [-0.4, -0.2) is 30.6 Å². The van der Waals surface area contributed by atoms with Gasteiger partial charge in [0.25, 0.3) is 0 Å². The highest BCUT2D eigenvalue weighted by Crippen LogP contribution is 2.25. The van der Waals surface area contributed by atoms with E-state index in [0.29, 0.717) is 24.6 Å². The molecule has 1 N–H and O–H groups in total. The van der Waals surface area contributed by atoms with Gasteiger partial charge in [0.05, 0.1) is 5.52 Å². The van der Waals surface area contributed by atoms with Crippen molar-refractivity contribution in [2.24, 2.45) is 5.92 Å². The fraction of sp³-hybridized carbons (Fsp3) is 0.296. The largest absolute Gasteiger partial charge is 0.344 e. The maximum absolute atomic E-state index is 13.0. The van der Waals surface area contributed by atoms with E-state index in [0.717, 1.165) is 39.1 Å². The van der Waals surface area contributed by atoms with Crippen LogP contribution < -0.4 is 5.32 Å². The van der Waals surface area contributed by atoms with Gasteiger partial charge in [-0.05, 0) is 43.9 Å². The minimum absolute atomic E-state index is 0.0762. The summed E-state index contributed by atoms with van der Waals surface area (Å²) in [6.07, 6.45) is 0.880. The molecule has 0 aliphatic rings. The second-order valence-electron chi connectivity index (χ2n) is 9.13. The van der Waals surface area contributed by atoms with Crippen LogP contribution in [0.4, 0.5) is 0 Å². The summed E-state index contributed by atoms with van der Waals surface area (Å²) in [7, 11) is 0. The number of benzene rings is 2. The molecule has 3 heterocycles. The summed E-state index contributed by atoms with van der Waals surface area (Å²) in [5.41, 5.74) is 5.57. The Bertz CT molecular complexity index is 1500. The summed E-state index contributed by atoms with van der Waals surface area (Å²) in [6.45, 7) is 8.06. The average molecular weight is 469 g/mol. The van der Waals surface area contributed by atoms with Crippen LogP contribution in [-0.2, 0) is 11.2 Å². The van der Waals surface area contributed by atoms with E-state index in [2.05, 4.69) is 15.5 Å². The number of nitrogens with one attached hydrogen (secondary N) is 1. The number of carbonyl (C=O) groups excluding carboxylic acids is 1. The van der Waals surface area contributed by atoms with E-state index >= 15 is 0 Å². The minimum atomic E-state index is -0.369. The molecule has 0 aliphatic carbocycles. The molecule has 3 aromatic heterocycles. The van der Waals surface area contributed by atoms with Gasteiger partial charge in [-0.2, -0.15) is 10.1 Å². The molecular weight excluding hydrogens is 440 g/mol. The van der Waals surface area contributed by atoms with Crippen LogP contribution in [0.1, 0.15) is 49.2 Å². The molecule has 2 aromatic carbocycles. The number of fused-ring (bicyclic) bond motifs is 3. The number of aromatic nitrogens is 5. The first-order valence-corrected chi connectivity index (χ1v) is 11.8. The van der Waals surface area contributed by atoms with Gasteiger partial charge in [-0.1, -0.05) is 61.5 Å². The zero-order valence-corrected chi connectivity index (χ0v) is 20.3. The maximum atomic E-state index is 13.0. The Morgan fingerprint density at radius 2 is 1.77 bits per heavy atom. The second-order valence-corrected chi connectivity index (χ2v) is 9.13. The monoisotopic (exact) mass is 468 g/mol. The number of carbonyl (C=O) groups is 1. The molecule has 5 rings (SSSR count). The fourth-order valence-electron chi connectivity index (χ4n) is 4.40. The van der Waals surface area contributed by atoms with Crippen molar-refractivity contribution in [1.29, 1.82) is 0 Å². The highest BCUT2D eigenvalue weighted by Gasteiger charge is 2.25. The summed E-state index contributed by atoms with van der Waals surface area (Å²) in [5, 5.41) is 12.9. The molecule has 0 radical (unpaired) electrons. The van der Waals surface area contributed by atoms with Crippen molar-refractivity contribution >= 4 is 22.5 Å². The van der Waals surface area contributed by atoms with Crippen LogP contribution in [0.3, 0.4) is 0 Å². The van der Waals surface area contributed by atoms with Crippen molar-refractivity contribution in [3.8, 4) is 11.4 Å². The molecular formula is C27H28N6O2. The van der Waals surface area contributed by atoms with Crippen LogP contribution in [0.2, 0.25) is 0 Å². The summed E-state index contributed by atoms with van der Waals surface area (Å²) < 4.78 is 7.40. The van der Waals surface area contributed by atoms with Crippen molar-refractivity contribution in [2.75, 3.05) is 0 Å². The fourth-order valence-corrected chi connectivity index (χ4v) is 4.40. The molecule has 8 nitrogen and oxygen atoms in total. The van der Waals surface area contributed by atoms with Gasteiger partial charge < -0.3 is 9.84 Å². The van der Waals surface area contributed by atoms with Gasteiger partial charge in [-0.15, -0.1) is 0 Å². The Labute approximate surface area is 203 Å². The molecule has 8 heteroatoms. The summed E-state index contributed by atoms with van der Waals surface area (Å²) >= 11 is 0. The van der Waals surface area contributed by atoms with E-state index in [1.54, 1.807) is 0 Å². The lowest BCUT2D eigenvalue weighted by Crippen LogP contribution is -2.32. The predicted octanol–water partition coefficient (Wildman–Crippen LogP) is 5.00. The van der Waals surface area contributed by atoms with Gasteiger partial charge >= 0.3 is 0 Å². The molecule has 35 heavy (non-hydrogen) atoms. The van der Waals surface area contributed by atoms with E-state index in [1.165, 1.54) is 0 Å². The van der Waals surface area contributed by atoms with Crippen molar-refractivity contribution in [1.82, 2.24) is 30.1 Å². The number of amides is 1. The first kappa shape index (κ1) is 22.7. The molecule has 5 aromatic rings. The van der Waals surface area contributed by atoms with Gasteiger partial charge in [0.15, 0.2) is 5.65 Å². The summed E-state index contributed by atoms with van der Waals surface area (Å²) in [4.78, 5) is 22.3. The Hall–Kier alpha value is -4.07. The van der Waals surface area contributed by atoms with Crippen molar-refractivity contribution in [2.45, 2.75) is 46.6 Å². The first-order chi connectivity index (χ1) is 16.9. The van der Waals surface area contributed by atoms with Crippen LogP contribution in [0, 0.1) is 19.8 Å². The van der Waals surface area contributed by atoms with Crippen molar-refractivity contribution in [3.05, 3.63) is 77.4 Å². The normalized spacial score (nSPS) is 12.5. The van der Waals surface area contributed by atoms with Gasteiger partial charge in [0, 0.05) is 28.8 Å². The first-order valence-electron chi connectivity index (χ1n) is 11.8. The Morgan fingerprint density at radius 1 is 1.03 bits per heavy atom. The number of rotatable bonds is 7. The number of hydrogen-bond acceptors (Lipinski definition) is 6. The molecule has 0 saturated heterocycles. The quantitative estimate of drug-likeness (QED) is 0.361. The highest BCUT2D eigenvalue weighted by molar-refractivity contribution is 5.92. The number of hydrogen-bond donors (Lipinski definition) is 1. The zero-order valence-electron chi connectivity index (χ0n) is 20.3. The van der Waals surface area contributed by atoms with E-state index in [4.69, 9.17) is 14.6 Å². The Kier molecular flexibility index (Phi) is 6.03. The van der Waals surface area contributed by atoms with Gasteiger partial charge in [0.1, 0.15) is 6.04 Å². The molecule has 1 amide bonds. The van der Waals surface area contributed by atoms with Crippen molar-refractivity contribution in [3.63, 3.8) is 0 Å². The van der Waals surface area contributed by atoms with Crippen LogP contribution >= 0.6 is 0 Å². The predicted molar refractivity (Wildman–Crippen MR) is 134 cm³/mol. The van der Waals surface area contributed by atoms with Gasteiger partial charge in [0.2, 0.25) is 17.6 Å². The molecule has 0 spiro atoms. The van der Waals surface area contributed by atoms with Crippen molar-refractivity contribution < 1.29 is 9.32 Å². The maximum Gasteiger partial charge on any atom is 0.249 e. The molecule has 0 saturated carbocycles. The Balaban J connectivity index is 1.32. The van der Waals surface area contributed by atoms with E-state index in [-0.39, 0.29) is 17.9 Å². The zero-order chi connectivity index (χ0) is 24.5. The second kappa shape index (κ2) is 9.29. The summed E-state index contributed by atoms with van der Waals surface area (Å²) in [6, 6.07) is 17.3. The van der Waals surface area contributed by atoms with E-state index in [1.807, 2.05) is 86.8 Å². The Morgan fingerprint density at radius 3 is 2.54 bits per heavy atom. The van der Waals surface area contributed by atoms with E-state index in [9.17, 15) is 4.79 Å². The van der Waals surface area contributed by atoms with Crippen LogP contribution in [0.25, 0.3) is 27.9 Å². The lowest BCUT2D eigenvalue weighted by atomic mass is 10.0. The molecule has 0 aliphatic heterocycles. The third-order valence-electron chi connectivity index (χ3n) is 6.34. The van der Waals surface area contributed by atoms with Crippen LogP contribution in [0.5, 0.6) is 0 Å². The third-order valence-corrected chi connectivity index (χ3v) is 6.34. The average Bonchev–Trinajstić information content (AvgIpc) is 3.48. The van der Waals surface area contributed by atoms with Gasteiger partial charge in [-0.25, -0.2) is 9.50 Å². The number of nitrogens with zero attached hydrogens (tertiary/aromatic N) is 5. The van der Waals surface area contributed by atoms with E-state index < -0.39 is 0 Å². The van der Waals surface area contributed by atoms with Gasteiger partial charge in [-0.3, -0.25) is 4.79 Å². The lowest BCUT2D eigenvalue weighted by Gasteiger charge is -2.19. The molecule has 178 valence electrons. The third kappa shape index (κ3) is 4.39. The topological polar surface area (TPSA) is 98.2 Å². The molecule has 0 fully saturated rings. The molecule has 1 unspecified atom stereocenters.